The molecule has 0 atom stereocenters. The van der Waals surface area contributed by atoms with Crippen molar-refractivity contribution in [3.8, 4) is 5.75 Å². The van der Waals surface area contributed by atoms with Crippen molar-refractivity contribution < 1.29 is 13.9 Å². The normalized spacial score (nSPS) is 16.8. The summed E-state index contributed by atoms with van der Waals surface area (Å²) in [5.74, 6) is 1.18. The Kier molecular flexibility index (Phi) is 6.05. The highest BCUT2D eigenvalue weighted by molar-refractivity contribution is 8.18. The van der Waals surface area contributed by atoms with Crippen LogP contribution in [-0.2, 0) is 11.3 Å². The number of pyridine rings is 1. The molecular formula is C22H18N4O3S. The maximum absolute atomic E-state index is 13.1. The van der Waals surface area contributed by atoms with Gasteiger partial charge in [-0.05, 0) is 42.1 Å². The van der Waals surface area contributed by atoms with Crippen LogP contribution in [0.1, 0.15) is 16.9 Å². The van der Waals surface area contributed by atoms with Gasteiger partial charge in [-0.15, -0.1) is 5.10 Å². The van der Waals surface area contributed by atoms with E-state index in [4.69, 9.17) is 9.15 Å². The summed E-state index contributed by atoms with van der Waals surface area (Å²) in [7, 11) is 1.60. The molecule has 0 spiro atoms. The number of hydrogen-bond donors (Lipinski definition) is 0. The molecule has 0 saturated carbocycles. The number of hydrogen-bond acceptors (Lipinski definition) is 7. The second kappa shape index (κ2) is 9.23. The summed E-state index contributed by atoms with van der Waals surface area (Å²) in [6, 6.07) is 14.8. The maximum Gasteiger partial charge on any atom is 0.267 e. The van der Waals surface area contributed by atoms with Gasteiger partial charge in [0.05, 0.1) is 31.0 Å². The number of carbonyl (C=O) groups is 1. The third-order valence-electron chi connectivity index (χ3n) is 4.24. The maximum atomic E-state index is 13.1. The average Bonchev–Trinajstić information content (AvgIpc) is 3.39. The monoisotopic (exact) mass is 418 g/mol. The fourth-order valence-electron chi connectivity index (χ4n) is 2.80. The summed E-state index contributed by atoms with van der Waals surface area (Å²) < 4.78 is 10.8. The first kappa shape index (κ1) is 19.7. The van der Waals surface area contributed by atoms with Crippen LogP contribution in [0.5, 0.6) is 5.75 Å². The average molecular weight is 418 g/mol. The van der Waals surface area contributed by atoms with Crippen LogP contribution in [0.2, 0.25) is 0 Å². The van der Waals surface area contributed by atoms with Crippen LogP contribution in [0, 0.1) is 0 Å². The first-order valence-electron chi connectivity index (χ1n) is 9.12. The zero-order valence-electron chi connectivity index (χ0n) is 16.1. The fraction of sp³-hybridized carbons (Fsp3) is 0.0909. The lowest BCUT2D eigenvalue weighted by Gasteiger charge is -2.12. The van der Waals surface area contributed by atoms with Gasteiger partial charge in [0.25, 0.3) is 5.91 Å². The minimum atomic E-state index is -0.169. The number of amides is 1. The van der Waals surface area contributed by atoms with Crippen molar-refractivity contribution in [1.29, 1.82) is 0 Å². The minimum Gasteiger partial charge on any atom is -0.496 e. The molecule has 1 amide bonds. The van der Waals surface area contributed by atoms with Crippen LogP contribution in [-0.4, -0.2) is 34.3 Å². The molecule has 1 aliphatic heterocycles. The molecule has 2 aromatic heterocycles. The molecule has 1 fully saturated rings. The van der Waals surface area contributed by atoms with Gasteiger partial charge >= 0.3 is 0 Å². The number of ether oxygens (including phenoxy) is 1. The molecule has 3 heterocycles. The molecule has 30 heavy (non-hydrogen) atoms. The van der Waals surface area contributed by atoms with Gasteiger partial charge in [-0.25, -0.2) is 0 Å². The Hall–Kier alpha value is -3.65. The van der Waals surface area contributed by atoms with Crippen molar-refractivity contribution in [3.05, 3.63) is 89.0 Å². The number of aromatic nitrogens is 1. The van der Waals surface area contributed by atoms with E-state index in [1.54, 1.807) is 49.0 Å². The second-order valence-electron chi connectivity index (χ2n) is 6.24. The van der Waals surface area contributed by atoms with Crippen molar-refractivity contribution in [2.24, 2.45) is 10.2 Å². The Labute approximate surface area is 177 Å². The second-order valence-corrected chi connectivity index (χ2v) is 7.25. The Morgan fingerprint density at radius 1 is 1.20 bits per heavy atom. The number of thioether (sulfide) groups is 1. The smallest absolute Gasteiger partial charge is 0.267 e. The minimum absolute atomic E-state index is 0.169. The summed E-state index contributed by atoms with van der Waals surface area (Å²) in [5.41, 5.74) is 1.63. The molecule has 8 heteroatoms. The summed E-state index contributed by atoms with van der Waals surface area (Å²) in [6.45, 7) is 0.267. The van der Waals surface area contributed by atoms with E-state index in [9.17, 15) is 4.79 Å². The fourth-order valence-corrected chi connectivity index (χ4v) is 3.73. The van der Waals surface area contributed by atoms with Gasteiger partial charge in [-0.1, -0.05) is 24.3 Å². The molecule has 7 nitrogen and oxygen atoms in total. The lowest BCUT2D eigenvalue weighted by Crippen LogP contribution is -2.28. The third-order valence-corrected chi connectivity index (χ3v) is 5.24. The number of nitrogens with zero attached hydrogens (tertiary/aromatic N) is 4. The van der Waals surface area contributed by atoms with E-state index in [0.29, 0.717) is 21.6 Å². The Morgan fingerprint density at radius 2 is 2.10 bits per heavy atom. The molecule has 1 saturated heterocycles. The van der Waals surface area contributed by atoms with Crippen molar-refractivity contribution >= 4 is 35.1 Å². The largest absolute Gasteiger partial charge is 0.496 e. The predicted octanol–water partition coefficient (Wildman–Crippen LogP) is 4.19. The summed E-state index contributed by atoms with van der Waals surface area (Å²) in [4.78, 5) is 19.2. The van der Waals surface area contributed by atoms with Gasteiger partial charge in [0.1, 0.15) is 11.5 Å². The number of furan rings is 1. The van der Waals surface area contributed by atoms with Gasteiger partial charge in [-0.2, -0.15) is 5.10 Å². The Morgan fingerprint density at radius 3 is 2.87 bits per heavy atom. The Balaban J connectivity index is 1.64. The first-order chi connectivity index (χ1) is 14.7. The molecule has 0 aliphatic carbocycles. The summed E-state index contributed by atoms with van der Waals surface area (Å²) in [6.07, 6.45) is 8.34. The van der Waals surface area contributed by atoms with Gasteiger partial charge in [0, 0.05) is 23.5 Å². The van der Waals surface area contributed by atoms with Crippen LogP contribution < -0.4 is 4.74 Å². The molecular weight excluding hydrogens is 400 g/mol. The van der Waals surface area contributed by atoms with Crippen LogP contribution in [0.4, 0.5) is 0 Å². The lowest BCUT2D eigenvalue weighted by atomic mass is 10.2. The van der Waals surface area contributed by atoms with Gasteiger partial charge in [0.15, 0.2) is 5.17 Å². The first-order valence-corrected chi connectivity index (χ1v) is 9.94. The van der Waals surface area contributed by atoms with Crippen LogP contribution in [0.25, 0.3) is 6.08 Å². The molecule has 150 valence electrons. The molecule has 3 aromatic rings. The molecule has 0 N–H and O–H groups in total. The van der Waals surface area contributed by atoms with Gasteiger partial charge in [-0.3, -0.25) is 14.7 Å². The number of carbonyl (C=O) groups excluding carboxylic acids is 1. The van der Waals surface area contributed by atoms with Crippen molar-refractivity contribution in [1.82, 2.24) is 9.88 Å². The van der Waals surface area contributed by atoms with Crippen LogP contribution in [0.3, 0.4) is 0 Å². The number of para-hydroxylation sites is 1. The van der Waals surface area contributed by atoms with E-state index in [-0.39, 0.29) is 12.5 Å². The highest BCUT2D eigenvalue weighted by Crippen LogP contribution is 2.35. The van der Waals surface area contributed by atoms with Gasteiger partial charge in [0.2, 0.25) is 0 Å². The quantitative estimate of drug-likeness (QED) is 0.341. The molecule has 0 unspecified atom stereocenters. The van der Waals surface area contributed by atoms with E-state index in [1.165, 1.54) is 11.8 Å². The standard InChI is InChI=1S/C22H18N4O3S/c1-28-19-9-3-2-7-17(19)12-20-21(27)26(15-18-8-5-11-29-18)22(30-20)25-24-14-16-6-4-10-23-13-16/h2-14H,15H2,1H3/b20-12-,24-14-,25-22+. The third kappa shape index (κ3) is 4.49. The molecule has 0 radical (unpaired) electrons. The van der Waals surface area contributed by atoms with E-state index in [2.05, 4.69) is 15.2 Å². The molecule has 0 bridgehead atoms. The molecule has 4 rings (SSSR count). The molecule has 1 aromatic carbocycles. The number of benzene rings is 1. The Bertz CT molecular complexity index is 1110. The van der Waals surface area contributed by atoms with Crippen molar-refractivity contribution in [3.63, 3.8) is 0 Å². The van der Waals surface area contributed by atoms with Crippen LogP contribution >= 0.6 is 11.8 Å². The zero-order valence-corrected chi connectivity index (χ0v) is 17.0. The number of amidine groups is 1. The van der Waals surface area contributed by atoms with Crippen molar-refractivity contribution in [2.75, 3.05) is 7.11 Å². The summed E-state index contributed by atoms with van der Waals surface area (Å²) >= 11 is 1.26. The topological polar surface area (TPSA) is 80.3 Å². The van der Waals surface area contributed by atoms with E-state index < -0.39 is 0 Å². The van der Waals surface area contributed by atoms with E-state index in [0.717, 1.165) is 11.1 Å². The van der Waals surface area contributed by atoms with Crippen LogP contribution in [0.15, 0.2) is 86.7 Å². The highest BCUT2D eigenvalue weighted by atomic mass is 32.2. The summed E-state index contributed by atoms with van der Waals surface area (Å²) in [5, 5.41) is 8.89. The van der Waals surface area contributed by atoms with Gasteiger partial charge < -0.3 is 9.15 Å². The predicted molar refractivity (Wildman–Crippen MR) is 117 cm³/mol. The van der Waals surface area contributed by atoms with Crippen molar-refractivity contribution in [2.45, 2.75) is 6.54 Å². The zero-order chi connectivity index (χ0) is 20.8. The number of methoxy groups -OCH3 is 1. The SMILES string of the molecule is COc1ccccc1/C=C1\S/C(=N/N=C\c2cccnc2)N(Cc2ccco2)C1=O. The number of rotatable bonds is 6. The molecule has 1 aliphatic rings. The highest BCUT2D eigenvalue weighted by Gasteiger charge is 2.34. The lowest BCUT2D eigenvalue weighted by molar-refractivity contribution is -0.122. The van der Waals surface area contributed by atoms with E-state index in [1.807, 2.05) is 42.5 Å². The van der Waals surface area contributed by atoms with E-state index >= 15 is 0 Å².